The molecule has 1 heterocycles. The average molecular weight is 407 g/mol. The highest BCUT2D eigenvalue weighted by atomic mass is 35.5. The van der Waals surface area contributed by atoms with Gasteiger partial charge in [-0.1, -0.05) is 61.0 Å². The number of hydrogen-bond acceptors (Lipinski definition) is 1. The fourth-order valence-corrected chi connectivity index (χ4v) is 3.47. The molecule has 0 aliphatic heterocycles. The fourth-order valence-electron chi connectivity index (χ4n) is 3.25. The number of carbonyl (C=O) groups is 1. The Morgan fingerprint density at radius 1 is 1.10 bits per heavy atom. The maximum absolute atomic E-state index is 13.0. The minimum absolute atomic E-state index is 0.0266. The van der Waals surface area contributed by atoms with Gasteiger partial charge in [0.1, 0.15) is 0 Å². The monoisotopic (exact) mass is 406 g/mol. The molecule has 1 amide bonds. The molecule has 150 valence electrons. The van der Waals surface area contributed by atoms with Gasteiger partial charge in [-0.3, -0.25) is 4.79 Å². The van der Waals surface area contributed by atoms with Crippen molar-refractivity contribution in [1.29, 1.82) is 0 Å². The predicted molar refractivity (Wildman–Crippen MR) is 121 cm³/mol. The van der Waals surface area contributed by atoms with E-state index in [4.69, 9.17) is 11.6 Å². The first-order valence-corrected chi connectivity index (χ1v) is 10.4. The minimum Gasteiger partial charge on any atom is -0.345 e. The summed E-state index contributed by atoms with van der Waals surface area (Å²) in [6.07, 6.45) is 6.50. The van der Waals surface area contributed by atoms with Gasteiger partial charge in [0.05, 0.1) is 6.54 Å². The molecule has 0 spiro atoms. The zero-order chi connectivity index (χ0) is 20.6. The van der Waals surface area contributed by atoms with E-state index in [9.17, 15) is 4.79 Å². The second-order valence-electron chi connectivity index (χ2n) is 7.22. The molecule has 1 atom stereocenters. The lowest BCUT2D eigenvalue weighted by molar-refractivity contribution is -0.128. The molecule has 3 rings (SSSR count). The summed E-state index contributed by atoms with van der Waals surface area (Å²) in [5, 5.41) is 0.735. The number of carbonyl (C=O) groups excluding carboxylic acids is 1. The fraction of sp³-hybridized carbons (Fsp3) is 0.240. The number of aromatic nitrogens is 1. The number of halogens is 1. The predicted octanol–water partition coefficient (Wildman–Crippen LogP) is 6.03. The Labute approximate surface area is 178 Å². The quantitative estimate of drug-likeness (QED) is 0.419. The zero-order valence-electron chi connectivity index (χ0n) is 17.0. The van der Waals surface area contributed by atoms with E-state index in [-0.39, 0.29) is 11.9 Å². The summed E-state index contributed by atoms with van der Waals surface area (Å²) >= 11 is 6.13. The van der Waals surface area contributed by atoms with E-state index in [0.717, 1.165) is 34.8 Å². The van der Waals surface area contributed by atoms with E-state index in [2.05, 4.69) is 36.7 Å². The van der Waals surface area contributed by atoms with Crippen LogP contribution in [0.4, 0.5) is 0 Å². The van der Waals surface area contributed by atoms with E-state index >= 15 is 0 Å². The Balaban J connectivity index is 1.76. The van der Waals surface area contributed by atoms with Crippen LogP contribution in [-0.2, 0) is 17.9 Å². The van der Waals surface area contributed by atoms with Crippen LogP contribution in [0.3, 0.4) is 0 Å². The molecule has 2 aromatic carbocycles. The molecule has 29 heavy (non-hydrogen) atoms. The van der Waals surface area contributed by atoms with Crippen molar-refractivity contribution in [2.75, 3.05) is 0 Å². The molecule has 0 aliphatic carbocycles. The summed E-state index contributed by atoms with van der Waals surface area (Å²) in [7, 11) is 0. The first-order valence-electron chi connectivity index (χ1n) is 9.99. The molecule has 0 saturated carbocycles. The van der Waals surface area contributed by atoms with Crippen molar-refractivity contribution in [3.63, 3.8) is 0 Å². The second-order valence-corrected chi connectivity index (χ2v) is 7.66. The summed E-state index contributed by atoms with van der Waals surface area (Å²) in [6.45, 7) is 5.50. The Kier molecular flexibility index (Phi) is 7.31. The van der Waals surface area contributed by atoms with Crippen LogP contribution in [-0.4, -0.2) is 21.4 Å². The normalized spacial score (nSPS) is 12.2. The molecule has 0 bridgehead atoms. The van der Waals surface area contributed by atoms with Gasteiger partial charge in [-0.05, 0) is 54.8 Å². The zero-order valence-corrected chi connectivity index (χ0v) is 17.7. The lowest BCUT2D eigenvalue weighted by atomic mass is 10.1. The number of rotatable bonds is 8. The maximum atomic E-state index is 13.0. The Morgan fingerprint density at radius 3 is 2.62 bits per heavy atom. The highest BCUT2D eigenvalue weighted by Gasteiger charge is 2.18. The second kappa shape index (κ2) is 10.1. The van der Waals surface area contributed by atoms with Crippen LogP contribution in [0.1, 0.15) is 37.1 Å². The van der Waals surface area contributed by atoms with Crippen LogP contribution in [0.15, 0.2) is 79.0 Å². The van der Waals surface area contributed by atoms with Gasteiger partial charge < -0.3 is 9.47 Å². The third-order valence-electron chi connectivity index (χ3n) is 5.12. The molecule has 0 aliphatic rings. The average Bonchev–Trinajstić information content (AvgIpc) is 3.17. The van der Waals surface area contributed by atoms with Crippen LogP contribution in [0.25, 0.3) is 6.08 Å². The van der Waals surface area contributed by atoms with Crippen molar-refractivity contribution >= 4 is 23.6 Å². The third-order valence-corrected chi connectivity index (χ3v) is 5.36. The van der Waals surface area contributed by atoms with Crippen molar-refractivity contribution in [1.82, 2.24) is 9.47 Å². The highest BCUT2D eigenvalue weighted by molar-refractivity contribution is 6.30. The molecule has 1 unspecified atom stereocenters. The first kappa shape index (κ1) is 20.9. The number of hydrogen-bond donors (Lipinski definition) is 0. The van der Waals surface area contributed by atoms with E-state index < -0.39 is 0 Å². The lowest BCUT2D eigenvalue weighted by Crippen LogP contribution is -2.37. The lowest BCUT2D eigenvalue weighted by Gasteiger charge is -2.28. The van der Waals surface area contributed by atoms with Crippen LogP contribution < -0.4 is 0 Å². The van der Waals surface area contributed by atoms with Crippen molar-refractivity contribution in [2.24, 2.45) is 0 Å². The van der Waals surface area contributed by atoms with Crippen LogP contribution in [0.5, 0.6) is 0 Å². The van der Waals surface area contributed by atoms with Gasteiger partial charge in [0, 0.05) is 35.6 Å². The van der Waals surface area contributed by atoms with Gasteiger partial charge >= 0.3 is 0 Å². The number of benzene rings is 2. The number of nitrogens with zero attached hydrogens (tertiary/aromatic N) is 2. The van der Waals surface area contributed by atoms with Crippen LogP contribution in [0, 0.1) is 0 Å². The summed E-state index contributed by atoms with van der Waals surface area (Å²) in [6, 6.07) is 22.0. The standard InChI is InChI=1S/C25H27ClN2O/c1-3-20(2)28(25(29)15-14-21-9-5-4-6-10-21)19-24-13-8-16-27(24)18-22-11-7-12-23(26)17-22/h4-17,20H,3,18-19H2,1-2H3/b15-14+. The molecule has 3 nitrogen and oxygen atoms in total. The van der Waals surface area contributed by atoms with Gasteiger partial charge in [-0.15, -0.1) is 0 Å². The summed E-state index contributed by atoms with van der Waals surface area (Å²) in [5.41, 5.74) is 3.27. The van der Waals surface area contributed by atoms with E-state index in [0.29, 0.717) is 6.54 Å². The Hall–Kier alpha value is -2.78. The minimum atomic E-state index is 0.0266. The molecule has 0 radical (unpaired) electrons. The smallest absolute Gasteiger partial charge is 0.247 e. The summed E-state index contributed by atoms with van der Waals surface area (Å²) in [5.74, 6) is 0.0266. The largest absolute Gasteiger partial charge is 0.345 e. The maximum Gasteiger partial charge on any atom is 0.247 e. The van der Waals surface area contributed by atoms with Gasteiger partial charge in [0.25, 0.3) is 0 Å². The molecular weight excluding hydrogens is 380 g/mol. The Morgan fingerprint density at radius 2 is 1.90 bits per heavy atom. The first-order chi connectivity index (χ1) is 14.1. The molecule has 3 aromatic rings. The van der Waals surface area contributed by atoms with Crippen molar-refractivity contribution in [2.45, 2.75) is 39.4 Å². The molecular formula is C25H27ClN2O. The summed E-state index contributed by atoms with van der Waals surface area (Å²) < 4.78 is 2.18. The van der Waals surface area contributed by atoms with Crippen LogP contribution in [0.2, 0.25) is 5.02 Å². The molecule has 0 fully saturated rings. The van der Waals surface area contributed by atoms with Gasteiger partial charge in [-0.2, -0.15) is 0 Å². The molecule has 4 heteroatoms. The van der Waals surface area contributed by atoms with Crippen molar-refractivity contribution < 1.29 is 4.79 Å². The molecule has 0 saturated heterocycles. The van der Waals surface area contributed by atoms with Gasteiger partial charge in [-0.25, -0.2) is 0 Å². The molecule has 0 N–H and O–H groups in total. The Bertz CT molecular complexity index is 962. The SMILES string of the molecule is CCC(C)N(Cc1cccn1Cc1cccc(Cl)c1)C(=O)/C=C/c1ccccc1. The van der Waals surface area contributed by atoms with Crippen LogP contribution >= 0.6 is 11.6 Å². The summed E-state index contributed by atoms with van der Waals surface area (Å²) in [4.78, 5) is 14.9. The highest BCUT2D eigenvalue weighted by Crippen LogP contribution is 2.17. The van der Waals surface area contributed by atoms with Gasteiger partial charge in [0.15, 0.2) is 0 Å². The van der Waals surface area contributed by atoms with Crippen molar-refractivity contribution in [3.05, 3.63) is 101 Å². The van der Waals surface area contributed by atoms with Crippen molar-refractivity contribution in [3.8, 4) is 0 Å². The third kappa shape index (κ3) is 5.85. The van der Waals surface area contributed by atoms with Gasteiger partial charge in [0.2, 0.25) is 5.91 Å². The van der Waals surface area contributed by atoms with E-state index in [1.165, 1.54) is 0 Å². The number of amides is 1. The molecule has 1 aromatic heterocycles. The van der Waals surface area contributed by atoms with E-state index in [1.54, 1.807) is 6.08 Å². The van der Waals surface area contributed by atoms with E-state index in [1.807, 2.05) is 65.6 Å². The topological polar surface area (TPSA) is 25.2 Å².